The summed E-state index contributed by atoms with van der Waals surface area (Å²) in [5, 5.41) is 3.14. The van der Waals surface area contributed by atoms with E-state index >= 15 is 0 Å². The predicted molar refractivity (Wildman–Crippen MR) is 77.6 cm³/mol. The second kappa shape index (κ2) is 6.27. The molecule has 0 fully saturated rings. The van der Waals surface area contributed by atoms with Crippen LogP contribution in [-0.4, -0.2) is 23.3 Å². The quantitative estimate of drug-likeness (QED) is 0.753. The zero-order valence-electron chi connectivity index (χ0n) is 10.6. The van der Waals surface area contributed by atoms with E-state index in [2.05, 4.69) is 10.3 Å². The minimum Gasteiger partial charge on any atom is -0.366 e. The van der Waals surface area contributed by atoms with Crippen molar-refractivity contribution < 1.29 is 9.59 Å². The molecule has 0 aliphatic rings. The Morgan fingerprint density at radius 1 is 1.25 bits per heavy atom. The van der Waals surface area contributed by atoms with Crippen LogP contribution in [0.3, 0.4) is 0 Å². The van der Waals surface area contributed by atoms with Gasteiger partial charge in [-0.3, -0.25) is 9.59 Å². The molecular weight excluding hydrogens is 276 g/mol. The Labute approximate surface area is 119 Å². The largest absolute Gasteiger partial charge is 0.366 e. The van der Waals surface area contributed by atoms with E-state index in [9.17, 15) is 9.59 Å². The van der Waals surface area contributed by atoms with Crippen molar-refractivity contribution in [2.75, 3.05) is 11.9 Å². The summed E-state index contributed by atoms with van der Waals surface area (Å²) < 4.78 is 0. The first-order valence-corrected chi connectivity index (χ1v) is 6.73. The van der Waals surface area contributed by atoms with Crippen molar-refractivity contribution in [2.45, 2.75) is 6.42 Å². The van der Waals surface area contributed by atoms with Crippen LogP contribution in [0.2, 0.25) is 0 Å². The van der Waals surface area contributed by atoms with Crippen LogP contribution in [0.25, 0.3) is 0 Å². The average molecular weight is 290 g/mol. The van der Waals surface area contributed by atoms with Crippen LogP contribution in [0.1, 0.15) is 20.8 Å². The Morgan fingerprint density at radius 2 is 1.95 bits per heavy atom. The standard InChI is InChI=1S/C13H14N4O2S/c14-6-11(18)17-13-16-7-10(20-13)5-8-1-3-9(4-2-8)12(15)19/h1-4,7H,5-6,14H2,(H2,15,19)(H,16,17,18). The van der Waals surface area contributed by atoms with Crippen LogP contribution in [-0.2, 0) is 11.2 Å². The normalized spacial score (nSPS) is 10.2. The summed E-state index contributed by atoms with van der Waals surface area (Å²) in [6.07, 6.45) is 2.38. The Kier molecular flexibility index (Phi) is 4.44. The molecule has 20 heavy (non-hydrogen) atoms. The van der Waals surface area contributed by atoms with Gasteiger partial charge in [0, 0.05) is 23.1 Å². The first-order chi connectivity index (χ1) is 9.58. The van der Waals surface area contributed by atoms with Crippen molar-refractivity contribution >= 4 is 28.3 Å². The number of carbonyl (C=O) groups excluding carboxylic acids is 2. The number of thiazole rings is 1. The van der Waals surface area contributed by atoms with Crippen molar-refractivity contribution in [2.24, 2.45) is 11.5 Å². The Hall–Kier alpha value is -2.25. The summed E-state index contributed by atoms with van der Waals surface area (Å²) in [6, 6.07) is 7.07. The molecule has 0 aliphatic heterocycles. The second-order valence-corrected chi connectivity index (χ2v) is 5.24. The van der Waals surface area contributed by atoms with Crippen LogP contribution in [0.4, 0.5) is 5.13 Å². The van der Waals surface area contributed by atoms with Crippen LogP contribution in [0.15, 0.2) is 30.5 Å². The van der Waals surface area contributed by atoms with E-state index in [1.165, 1.54) is 11.3 Å². The molecule has 1 aromatic carbocycles. The Balaban J connectivity index is 2.03. The van der Waals surface area contributed by atoms with Gasteiger partial charge in [-0.2, -0.15) is 0 Å². The van der Waals surface area contributed by atoms with Crippen LogP contribution in [0.5, 0.6) is 0 Å². The van der Waals surface area contributed by atoms with Crippen molar-refractivity contribution in [1.82, 2.24) is 4.98 Å². The summed E-state index contributed by atoms with van der Waals surface area (Å²) >= 11 is 1.39. The molecule has 0 aliphatic carbocycles. The molecule has 2 rings (SSSR count). The maximum absolute atomic E-state index is 11.1. The highest BCUT2D eigenvalue weighted by Crippen LogP contribution is 2.21. The fourth-order valence-electron chi connectivity index (χ4n) is 1.61. The molecule has 6 nitrogen and oxygen atoms in total. The summed E-state index contributed by atoms with van der Waals surface area (Å²) in [5.74, 6) is -0.710. The Morgan fingerprint density at radius 3 is 2.55 bits per heavy atom. The lowest BCUT2D eigenvalue weighted by atomic mass is 10.1. The number of nitrogens with zero attached hydrogens (tertiary/aromatic N) is 1. The van der Waals surface area contributed by atoms with Crippen molar-refractivity contribution in [1.29, 1.82) is 0 Å². The zero-order chi connectivity index (χ0) is 14.5. The van der Waals surface area contributed by atoms with Gasteiger partial charge in [-0.05, 0) is 17.7 Å². The van der Waals surface area contributed by atoms with Crippen LogP contribution in [0, 0.1) is 0 Å². The van der Waals surface area contributed by atoms with E-state index in [-0.39, 0.29) is 12.5 Å². The minimum absolute atomic E-state index is 0.0660. The molecule has 2 aromatic rings. The first-order valence-electron chi connectivity index (χ1n) is 5.92. The summed E-state index contributed by atoms with van der Waals surface area (Å²) in [5.41, 5.74) is 11.9. The summed E-state index contributed by atoms with van der Waals surface area (Å²) in [4.78, 5) is 27.2. The lowest BCUT2D eigenvalue weighted by molar-refractivity contribution is -0.114. The van der Waals surface area contributed by atoms with Crippen molar-refractivity contribution in [3.8, 4) is 0 Å². The molecule has 0 saturated heterocycles. The molecule has 2 amide bonds. The molecule has 0 atom stereocenters. The van der Waals surface area contributed by atoms with Gasteiger partial charge < -0.3 is 16.8 Å². The van der Waals surface area contributed by atoms with Gasteiger partial charge in [0.05, 0.1) is 6.54 Å². The third kappa shape index (κ3) is 3.62. The number of primary amides is 1. The van der Waals surface area contributed by atoms with Crippen LogP contribution < -0.4 is 16.8 Å². The first kappa shape index (κ1) is 14.2. The molecule has 0 bridgehead atoms. The zero-order valence-corrected chi connectivity index (χ0v) is 11.4. The average Bonchev–Trinajstić information content (AvgIpc) is 2.86. The van der Waals surface area contributed by atoms with E-state index in [0.29, 0.717) is 17.1 Å². The van der Waals surface area contributed by atoms with Gasteiger partial charge in [-0.15, -0.1) is 11.3 Å². The minimum atomic E-state index is -0.443. The number of amides is 2. The molecule has 0 saturated carbocycles. The summed E-state index contributed by atoms with van der Waals surface area (Å²) in [7, 11) is 0. The number of hydrogen-bond acceptors (Lipinski definition) is 5. The van der Waals surface area contributed by atoms with Gasteiger partial charge in [-0.25, -0.2) is 4.98 Å². The van der Waals surface area contributed by atoms with Gasteiger partial charge in [0.2, 0.25) is 11.8 Å². The number of anilines is 1. The molecule has 5 N–H and O–H groups in total. The van der Waals surface area contributed by atoms with E-state index < -0.39 is 5.91 Å². The maximum Gasteiger partial charge on any atom is 0.248 e. The summed E-state index contributed by atoms with van der Waals surface area (Å²) in [6.45, 7) is -0.0660. The Bertz CT molecular complexity index is 622. The van der Waals surface area contributed by atoms with E-state index in [1.807, 2.05) is 12.1 Å². The van der Waals surface area contributed by atoms with Crippen molar-refractivity contribution in [3.05, 3.63) is 46.5 Å². The topological polar surface area (TPSA) is 111 Å². The SMILES string of the molecule is NCC(=O)Nc1ncc(Cc2ccc(C(N)=O)cc2)s1. The molecule has 0 unspecified atom stereocenters. The van der Waals surface area contributed by atoms with Gasteiger partial charge in [0.1, 0.15) is 0 Å². The third-order valence-electron chi connectivity index (χ3n) is 2.60. The highest BCUT2D eigenvalue weighted by Gasteiger charge is 2.06. The highest BCUT2D eigenvalue weighted by molar-refractivity contribution is 7.15. The van der Waals surface area contributed by atoms with E-state index in [1.54, 1.807) is 18.3 Å². The molecule has 104 valence electrons. The fourth-order valence-corrected chi connectivity index (χ4v) is 2.47. The number of carbonyl (C=O) groups is 2. The number of benzene rings is 1. The third-order valence-corrected chi connectivity index (χ3v) is 3.51. The number of nitrogens with two attached hydrogens (primary N) is 2. The van der Waals surface area contributed by atoms with Gasteiger partial charge in [0.15, 0.2) is 5.13 Å². The van der Waals surface area contributed by atoms with Gasteiger partial charge >= 0.3 is 0 Å². The van der Waals surface area contributed by atoms with Gasteiger partial charge in [-0.1, -0.05) is 12.1 Å². The second-order valence-electron chi connectivity index (χ2n) is 4.12. The van der Waals surface area contributed by atoms with E-state index in [4.69, 9.17) is 11.5 Å². The molecule has 7 heteroatoms. The molecule has 0 radical (unpaired) electrons. The number of rotatable bonds is 5. The monoisotopic (exact) mass is 290 g/mol. The maximum atomic E-state index is 11.1. The van der Waals surface area contributed by atoms with Crippen molar-refractivity contribution in [3.63, 3.8) is 0 Å². The molecule has 0 spiro atoms. The number of nitrogens with one attached hydrogen (secondary N) is 1. The molecular formula is C13H14N4O2S. The lowest BCUT2D eigenvalue weighted by Gasteiger charge is -2.00. The van der Waals surface area contributed by atoms with Gasteiger partial charge in [0.25, 0.3) is 0 Å². The smallest absolute Gasteiger partial charge is 0.248 e. The number of hydrogen-bond donors (Lipinski definition) is 3. The highest BCUT2D eigenvalue weighted by atomic mass is 32.1. The fraction of sp³-hybridized carbons (Fsp3) is 0.154. The van der Waals surface area contributed by atoms with E-state index in [0.717, 1.165) is 10.4 Å². The lowest BCUT2D eigenvalue weighted by Crippen LogP contribution is -2.21. The molecule has 1 aromatic heterocycles. The predicted octanol–water partition coefficient (Wildman–Crippen LogP) is 0.730. The van der Waals surface area contributed by atoms with Crippen LogP contribution >= 0.6 is 11.3 Å². The molecule has 1 heterocycles. The number of aromatic nitrogens is 1.